The average Bonchev–Trinajstić information content (AvgIpc) is 2.40. The SMILES string of the molecule is O=c1c2ccc(Cl)nc2ncn1C1CCCCC1. The summed E-state index contributed by atoms with van der Waals surface area (Å²) in [4.78, 5) is 20.7. The van der Waals surface area contributed by atoms with E-state index in [-0.39, 0.29) is 5.56 Å². The first-order chi connectivity index (χ1) is 8.75. The Morgan fingerprint density at radius 1 is 1.22 bits per heavy atom. The lowest BCUT2D eigenvalue weighted by Crippen LogP contribution is -2.26. The molecule has 1 fully saturated rings. The number of fused-ring (bicyclic) bond motifs is 1. The lowest BCUT2D eigenvalue weighted by molar-refractivity contribution is 0.345. The van der Waals surface area contributed by atoms with Crippen LogP contribution in [0.2, 0.25) is 5.15 Å². The molecule has 1 aliphatic carbocycles. The van der Waals surface area contributed by atoms with Gasteiger partial charge in [-0.15, -0.1) is 0 Å². The molecule has 0 atom stereocenters. The Morgan fingerprint density at radius 2 is 2.00 bits per heavy atom. The van der Waals surface area contributed by atoms with Crippen LogP contribution in [0.15, 0.2) is 23.3 Å². The standard InChI is InChI=1S/C13H14ClN3O/c14-11-7-6-10-12(16-11)15-8-17(13(10)18)9-4-2-1-3-5-9/h6-9H,1-5H2. The number of aromatic nitrogens is 3. The fourth-order valence-corrected chi connectivity index (χ4v) is 2.76. The van der Waals surface area contributed by atoms with E-state index in [1.54, 1.807) is 23.0 Å². The third kappa shape index (κ3) is 2.01. The number of rotatable bonds is 1. The number of pyridine rings is 1. The van der Waals surface area contributed by atoms with Crippen LogP contribution >= 0.6 is 11.6 Å². The summed E-state index contributed by atoms with van der Waals surface area (Å²) in [6.45, 7) is 0. The summed E-state index contributed by atoms with van der Waals surface area (Å²) in [5.74, 6) is 0. The van der Waals surface area contributed by atoms with E-state index in [1.165, 1.54) is 19.3 Å². The lowest BCUT2D eigenvalue weighted by atomic mass is 9.95. The van der Waals surface area contributed by atoms with E-state index in [2.05, 4.69) is 9.97 Å². The number of hydrogen-bond donors (Lipinski definition) is 0. The highest BCUT2D eigenvalue weighted by molar-refractivity contribution is 6.29. The normalized spacial score (nSPS) is 17.2. The summed E-state index contributed by atoms with van der Waals surface area (Å²) in [6, 6.07) is 3.64. The average molecular weight is 264 g/mol. The maximum absolute atomic E-state index is 12.4. The van der Waals surface area contributed by atoms with Crippen LogP contribution in [-0.4, -0.2) is 14.5 Å². The van der Waals surface area contributed by atoms with Crippen molar-refractivity contribution in [2.24, 2.45) is 0 Å². The number of halogens is 1. The van der Waals surface area contributed by atoms with Crippen LogP contribution in [0.5, 0.6) is 0 Å². The van der Waals surface area contributed by atoms with E-state index in [9.17, 15) is 4.79 Å². The van der Waals surface area contributed by atoms with Crippen LogP contribution in [0.1, 0.15) is 38.1 Å². The minimum atomic E-state index is -0.00364. The van der Waals surface area contributed by atoms with Crippen molar-refractivity contribution < 1.29 is 0 Å². The van der Waals surface area contributed by atoms with Gasteiger partial charge in [-0.2, -0.15) is 0 Å². The molecule has 0 amide bonds. The molecule has 0 radical (unpaired) electrons. The van der Waals surface area contributed by atoms with Crippen LogP contribution in [-0.2, 0) is 0 Å². The molecule has 1 saturated carbocycles. The Balaban J connectivity index is 2.11. The largest absolute Gasteiger partial charge is 0.296 e. The molecule has 94 valence electrons. The molecule has 4 nitrogen and oxygen atoms in total. The molecule has 0 saturated heterocycles. The highest BCUT2D eigenvalue weighted by Gasteiger charge is 2.17. The molecule has 0 spiro atoms. The van der Waals surface area contributed by atoms with Crippen molar-refractivity contribution >= 4 is 22.6 Å². The van der Waals surface area contributed by atoms with E-state index < -0.39 is 0 Å². The summed E-state index contributed by atoms with van der Waals surface area (Å²) >= 11 is 5.80. The molecule has 0 N–H and O–H groups in total. The van der Waals surface area contributed by atoms with Gasteiger partial charge in [-0.1, -0.05) is 30.9 Å². The quantitative estimate of drug-likeness (QED) is 0.743. The van der Waals surface area contributed by atoms with Gasteiger partial charge in [0.25, 0.3) is 5.56 Å². The zero-order chi connectivity index (χ0) is 12.5. The minimum absolute atomic E-state index is 0.00364. The van der Waals surface area contributed by atoms with Gasteiger partial charge in [0.05, 0.1) is 5.39 Å². The highest BCUT2D eigenvalue weighted by atomic mass is 35.5. The van der Waals surface area contributed by atoms with Gasteiger partial charge in [0, 0.05) is 6.04 Å². The van der Waals surface area contributed by atoms with Gasteiger partial charge >= 0.3 is 0 Å². The van der Waals surface area contributed by atoms with Gasteiger partial charge in [-0.25, -0.2) is 9.97 Å². The third-order valence-electron chi connectivity index (χ3n) is 3.58. The lowest BCUT2D eigenvalue weighted by Gasteiger charge is -2.23. The molecule has 0 bridgehead atoms. The fourth-order valence-electron chi connectivity index (χ4n) is 2.62. The van der Waals surface area contributed by atoms with Gasteiger partial charge in [0.15, 0.2) is 5.65 Å². The van der Waals surface area contributed by atoms with Gasteiger partial charge in [-0.05, 0) is 25.0 Å². The Hall–Kier alpha value is -1.42. The Bertz CT molecular complexity index is 632. The predicted octanol–water partition coefficient (Wildman–Crippen LogP) is 2.95. The number of hydrogen-bond acceptors (Lipinski definition) is 3. The van der Waals surface area contributed by atoms with Crippen LogP contribution < -0.4 is 5.56 Å². The van der Waals surface area contributed by atoms with Crippen LogP contribution in [0.25, 0.3) is 11.0 Å². The van der Waals surface area contributed by atoms with Gasteiger partial charge in [0.1, 0.15) is 11.5 Å². The Labute approximate surface area is 110 Å². The van der Waals surface area contributed by atoms with E-state index in [4.69, 9.17) is 11.6 Å². The summed E-state index contributed by atoms with van der Waals surface area (Å²) < 4.78 is 1.76. The smallest absolute Gasteiger partial charge is 0.263 e. The van der Waals surface area contributed by atoms with Crippen molar-refractivity contribution in [1.82, 2.24) is 14.5 Å². The predicted molar refractivity (Wildman–Crippen MR) is 70.9 cm³/mol. The van der Waals surface area contributed by atoms with Crippen molar-refractivity contribution in [3.63, 3.8) is 0 Å². The Morgan fingerprint density at radius 3 is 2.78 bits per heavy atom. The van der Waals surface area contributed by atoms with Crippen molar-refractivity contribution in [3.8, 4) is 0 Å². The minimum Gasteiger partial charge on any atom is -0.296 e. The molecule has 0 aromatic carbocycles. The monoisotopic (exact) mass is 263 g/mol. The van der Waals surface area contributed by atoms with E-state index in [0.29, 0.717) is 22.2 Å². The first kappa shape index (κ1) is 11.7. The molecule has 0 aliphatic heterocycles. The second kappa shape index (κ2) is 4.69. The van der Waals surface area contributed by atoms with E-state index in [0.717, 1.165) is 12.8 Å². The molecule has 2 aromatic rings. The topological polar surface area (TPSA) is 47.8 Å². The van der Waals surface area contributed by atoms with Crippen LogP contribution in [0.3, 0.4) is 0 Å². The van der Waals surface area contributed by atoms with E-state index >= 15 is 0 Å². The van der Waals surface area contributed by atoms with Crippen molar-refractivity contribution in [1.29, 1.82) is 0 Å². The van der Waals surface area contributed by atoms with Gasteiger partial charge in [0.2, 0.25) is 0 Å². The fraction of sp³-hybridized carbons (Fsp3) is 0.462. The summed E-state index contributed by atoms with van der Waals surface area (Å²) in [5.41, 5.74) is 0.427. The second-order valence-electron chi connectivity index (χ2n) is 4.75. The first-order valence-corrected chi connectivity index (χ1v) is 6.67. The second-order valence-corrected chi connectivity index (χ2v) is 5.14. The summed E-state index contributed by atoms with van der Waals surface area (Å²) in [5, 5.41) is 0.914. The van der Waals surface area contributed by atoms with Crippen molar-refractivity contribution in [3.05, 3.63) is 34.0 Å². The maximum Gasteiger partial charge on any atom is 0.263 e. The van der Waals surface area contributed by atoms with Gasteiger partial charge < -0.3 is 0 Å². The summed E-state index contributed by atoms with van der Waals surface area (Å²) in [7, 11) is 0. The zero-order valence-electron chi connectivity index (χ0n) is 9.97. The maximum atomic E-state index is 12.4. The van der Waals surface area contributed by atoms with Crippen LogP contribution in [0, 0.1) is 0 Å². The zero-order valence-corrected chi connectivity index (χ0v) is 10.7. The molecule has 2 heterocycles. The molecule has 18 heavy (non-hydrogen) atoms. The molecule has 3 rings (SSSR count). The van der Waals surface area contributed by atoms with Crippen LogP contribution in [0.4, 0.5) is 0 Å². The van der Waals surface area contributed by atoms with Gasteiger partial charge in [-0.3, -0.25) is 9.36 Å². The molecular weight excluding hydrogens is 250 g/mol. The number of nitrogens with zero attached hydrogens (tertiary/aromatic N) is 3. The molecular formula is C13H14ClN3O. The molecule has 0 unspecified atom stereocenters. The van der Waals surface area contributed by atoms with E-state index in [1.807, 2.05) is 0 Å². The summed E-state index contributed by atoms with van der Waals surface area (Å²) in [6.07, 6.45) is 7.39. The Kier molecular flexibility index (Phi) is 3.04. The van der Waals surface area contributed by atoms with Crippen molar-refractivity contribution in [2.75, 3.05) is 0 Å². The molecule has 1 aliphatic rings. The molecule has 5 heteroatoms. The third-order valence-corrected chi connectivity index (χ3v) is 3.79. The highest BCUT2D eigenvalue weighted by Crippen LogP contribution is 2.26. The first-order valence-electron chi connectivity index (χ1n) is 6.29. The van der Waals surface area contributed by atoms with Crippen molar-refractivity contribution in [2.45, 2.75) is 38.1 Å². The molecule has 2 aromatic heterocycles.